The largest absolute Gasteiger partial charge is 0.362 e. The molecule has 108 valence electrons. The second kappa shape index (κ2) is 4.05. The number of carbonyl (C=O) groups excluding carboxylic acids is 2. The van der Waals surface area contributed by atoms with Crippen molar-refractivity contribution in [3.05, 3.63) is 40.4 Å². The van der Waals surface area contributed by atoms with E-state index < -0.39 is 11.5 Å². The zero-order valence-electron chi connectivity index (χ0n) is 11.7. The highest BCUT2D eigenvalue weighted by molar-refractivity contribution is 9.10. The Kier molecular flexibility index (Phi) is 2.55. The maximum atomic E-state index is 12.8. The monoisotopic (exact) mass is 347 g/mol. The molecular weight excluding hydrogens is 334 g/mol. The first-order valence-corrected chi connectivity index (χ1v) is 7.73. The van der Waals surface area contributed by atoms with Crippen LogP contribution in [0.5, 0.6) is 0 Å². The van der Waals surface area contributed by atoms with Crippen LogP contribution < -0.4 is 4.90 Å². The number of ether oxygens (including phenoxy) is 1. The standard InChI is InChI=1S/C16H14BrNO3/c1-8-3-4-9(7-10(8)17)18-14(19)12-11-5-6-16(2,21-11)13(12)15(18)20/h3-7,11-13H,1-2H3/t11-,12+,13-,16-/m1/s1. The molecule has 2 bridgehead atoms. The molecule has 0 spiro atoms. The van der Waals surface area contributed by atoms with Gasteiger partial charge in [-0.1, -0.05) is 34.1 Å². The van der Waals surface area contributed by atoms with Crippen molar-refractivity contribution in [1.29, 1.82) is 0 Å². The number of carbonyl (C=O) groups is 2. The fourth-order valence-corrected chi connectivity index (χ4v) is 3.99. The van der Waals surface area contributed by atoms with Gasteiger partial charge >= 0.3 is 0 Å². The molecule has 3 heterocycles. The number of aryl methyl sites for hydroxylation is 1. The summed E-state index contributed by atoms with van der Waals surface area (Å²) in [5.74, 6) is -1.10. The van der Waals surface area contributed by atoms with Crippen molar-refractivity contribution < 1.29 is 14.3 Å². The number of rotatable bonds is 1. The van der Waals surface area contributed by atoms with Gasteiger partial charge in [0.15, 0.2) is 0 Å². The van der Waals surface area contributed by atoms with Crippen LogP contribution in [-0.2, 0) is 14.3 Å². The van der Waals surface area contributed by atoms with E-state index in [1.165, 1.54) is 4.90 Å². The fraction of sp³-hybridized carbons (Fsp3) is 0.375. The van der Waals surface area contributed by atoms with Crippen LogP contribution in [0.4, 0.5) is 5.69 Å². The summed E-state index contributed by atoms with van der Waals surface area (Å²) in [6, 6.07) is 5.54. The zero-order chi connectivity index (χ0) is 14.9. The molecule has 4 atom stereocenters. The number of benzene rings is 1. The predicted octanol–water partition coefficient (Wildman–Crippen LogP) is 2.59. The summed E-state index contributed by atoms with van der Waals surface area (Å²) in [5.41, 5.74) is 1.05. The van der Waals surface area contributed by atoms with Crippen molar-refractivity contribution in [2.75, 3.05) is 4.90 Å². The average molecular weight is 348 g/mol. The van der Waals surface area contributed by atoms with Crippen LogP contribution in [0.25, 0.3) is 0 Å². The van der Waals surface area contributed by atoms with Crippen LogP contribution >= 0.6 is 15.9 Å². The number of fused-ring (bicyclic) bond motifs is 5. The van der Waals surface area contributed by atoms with Crippen LogP contribution in [0.15, 0.2) is 34.8 Å². The fourth-order valence-electron chi connectivity index (χ4n) is 3.63. The van der Waals surface area contributed by atoms with Crippen LogP contribution in [0.3, 0.4) is 0 Å². The Morgan fingerprint density at radius 1 is 1.29 bits per heavy atom. The van der Waals surface area contributed by atoms with Gasteiger partial charge in [-0.2, -0.15) is 0 Å². The third-order valence-corrected chi connectivity index (χ3v) is 5.60. The lowest BCUT2D eigenvalue weighted by Gasteiger charge is -2.24. The summed E-state index contributed by atoms with van der Waals surface area (Å²) in [7, 11) is 0. The molecule has 3 aliphatic heterocycles. The van der Waals surface area contributed by atoms with Crippen molar-refractivity contribution >= 4 is 33.4 Å². The first kappa shape index (κ1) is 13.2. The Labute approximate surface area is 130 Å². The molecule has 0 N–H and O–H groups in total. The molecule has 0 aliphatic carbocycles. The Morgan fingerprint density at radius 2 is 2.05 bits per heavy atom. The molecule has 1 aromatic rings. The van der Waals surface area contributed by atoms with Crippen LogP contribution in [0, 0.1) is 18.8 Å². The van der Waals surface area contributed by atoms with Crippen LogP contribution in [-0.4, -0.2) is 23.5 Å². The van der Waals surface area contributed by atoms with Crippen molar-refractivity contribution in [2.45, 2.75) is 25.6 Å². The first-order valence-electron chi connectivity index (χ1n) is 6.93. The van der Waals surface area contributed by atoms with Crippen molar-refractivity contribution in [2.24, 2.45) is 11.8 Å². The van der Waals surface area contributed by atoms with Gasteiger partial charge in [-0.25, -0.2) is 4.90 Å². The van der Waals surface area contributed by atoms with E-state index in [0.717, 1.165) is 10.0 Å². The Bertz CT molecular complexity index is 713. The molecule has 1 aromatic carbocycles. The smallest absolute Gasteiger partial charge is 0.241 e. The number of halogens is 1. The predicted molar refractivity (Wildman–Crippen MR) is 80.8 cm³/mol. The second-order valence-electron chi connectivity index (χ2n) is 6.07. The Morgan fingerprint density at radius 3 is 2.71 bits per heavy atom. The van der Waals surface area contributed by atoms with Crippen LogP contribution in [0.1, 0.15) is 12.5 Å². The summed E-state index contributed by atoms with van der Waals surface area (Å²) in [5, 5.41) is 0. The highest BCUT2D eigenvalue weighted by Gasteiger charge is 2.66. The Balaban J connectivity index is 1.78. The minimum Gasteiger partial charge on any atom is -0.362 e. The summed E-state index contributed by atoms with van der Waals surface area (Å²) >= 11 is 3.45. The van der Waals surface area contributed by atoms with Gasteiger partial charge in [-0.15, -0.1) is 0 Å². The zero-order valence-corrected chi connectivity index (χ0v) is 13.3. The van der Waals surface area contributed by atoms with Crippen molar-refractivity contribution in [3.63, 3.8) is 0 Å². The minimum absolute atomic E-state index is 0.154. The van der Waals surface area contributed by atoms with Gasteiger partial charge in [0, 0.05) is 4.47 Å². The number of hydrogen-bond donors (Lipinski definition) is 0. The lowest BCUT2D eigenvalue weighted by Crippen LogP contribution is -2.38. The molecule has 0 aromatic heterocycles. The summed E-state index contributed by atoms with van der Waals surface area (Å²) in [6.07, 6.45) is 3.55. The number of nitrogens with zero attached hydrogens (tertiary/aromatic N) is 1. The third kappa shape index (κ3) is 1.59. The van der Waals surface area contributed by atoms with E-state index in [0.29, 0.717) is 5.69 Å². The van der Waals surface area contributed by atoms with E-state index in [9.17, 15) is 9.59 Å². The van der Waals surface area contributed by atoms with Gasteiger partial charge in [-0.3, -0.25) is 9.59 Å². The number of imide groups is 1. The molecule has 4 nitrogen and oxygen atoms in total. The quantitative estimate of drug-likeness (QED) is 0.579. The summed E-state index contributed by atoms with van der Waals surface area (Å²) in [6.45, 7) is 3.85. The summed E-state index contributed by atoms with van der Waals surface area (Å²) < 4.78 is 6.70. The van der Waals surface area contributed by atoms with E-state index >= 15 is 0 Å². The van der Waals surface area contributed by atoms with E-state index in [2.05, 4.69) is 15.9 Å². The number of anilines is 1. The van der Waals surface area contributed by atoms with Gasteiger partial charge < -0.3 is 4.74 Å². The van der Waals surface area contributed by atoms with Gasteiger partial charge in [0.25, 0.3) is 0 Å². The molecule has 21 heavy (non-hydrogen) atoms. The molecule has 2 saturated heterocycles. The molecule has 2 fully saturated rings. The van der Waals surface area contributed by atoms with E-state index in [1.54, 1.807) is 0 Å². The highest BCUT2D eigenvalue weighted by atomic mass is 79.9. The molecule has 0 radical (unpaired) electrons. The third-order valence-electron chi connectivity index (χ3n) is 4.74. The van der Waals surface area contributed by atoms with E-state index in [-0.39, 0.29) is 23.8 Å². The molecule has 3 aliphatic rings. The average Bonchev–Trinajstić information content (AvgIpc) is 3.03. The molecule has 5 heteroatoms. The van der Waals surface area contributed by atoms with Gasteiger partial charge in [0.1, 0.15) is 0 Å². The molecule has 0 unspecified atom stereocenters. The highest BCUT2D eigenvalue weighted by Crippen LogP contribution is 2.52. The summed E-state index contributed by atoms with van der Waals surface area (Å²) in [4.78, 5) is 26.8. The number of amides is 2. The van der Waals surface area contributed by atoms with E-state index in [4.69, 9.17) is 4.74 Å². The topological polar surface area (TPSA) is 46.6 Å². The van der Waals surface area contributed by atoms with E-state index in [1.807, 2.05) is 44.2 Å². The lowest BCUT2D eigenvalue weighted by atomic mass is 9.78. The second-order valence-corrected chi connectivity index (χ2v) is 6.93. The van der Waals surface area contributed by atoms with Gasteiger partial charge in [0.2, 0.25) is 11.8 Å². The Hall–Kier alpha value is -1.46. The molecule has 0 saturated carbocycles. The van der Waals surface area contributed by atoms with Crippen molar-refractivity contribution in [3.8, 4) is 0 Å². The SMILES string of the molecule is Cc1ccc(N2C(=O)[C@H]3[C@H]4C=C[C@@](C)(O4)[C@H]3C2=O)cc1Br. The van der Waals surface area contributed by atoms with Gasteiger partial charge in [0.05, 0.1) is 29.2 Å². The molecule has 2 amide bonds. The van der Waals surface area contributed by atoms with Gasteiger partial charge in [-0.05, 0) is 31.5 Å². The number of hydrogen-bond acceptors (Lipinski definition) is 3. The first-order chi connectivity index (χ1) is 9.92. The van der Waals surface area contributed by atoms with Crippen molar-refractivity contribution in [1.82, 2.24) is 0 Å². The lowest BCUT2D eigenvalue weighted by molar-refractivity contribution is -0.126. The minimum atomic E-state index is -0.640. The van der Waals surface area contributed by atoms with Crippen LogP contribution in [0.2, 0.25) is 0 Å². The molecular formula is C16H14BrNO3. The maximum Gasteiger partial charge on any atom is 0.241 e. The molecule has 4 rings (SSSR count). The maximum absolute atomic E-state index is 12.8. The normalized spacial score (nSPS) is 36.7.